The molecule has 0 aliphatic rings. The van der Waals surface area contributed by atoms with E-state index in [0.29, 0.717) is 12.2 Å². The van der Waals surface area contributed by atoms with Gasteiger partial charge in [-0.1, -0.05) is 54.6 Å². The van der Waals surface area contributed by atoms with Crippen LogP contribution < -0.4 is 0 Å². The number of benzene rings is 3. The van der Waals surface area contributed by atoms with Gasteiger partial charge in [0, 0.05) is 0 Å². The van der Waals surface area contributed by atoms with Crippen LogP contribution in [0.4, 0.5) is 0 Å². The van der Waals surface area contributed by atoms with Crippen LogP contribution in [0.25, 0.3) is 22.4 Å². The molecule has 0 spiro atoms. The van der Waals surface area contributed by atoms with Gasteiger partial charge in [0.1, 0.15) is 0 Å². The summed E-state index contributed by atoms with van der Waals surface area (Å²) in [6.07, 6.45) is 2.16. The van der Waals surface area contributed by atoms with E-state index in [1.54, 1.807) is 0 Å². The second kappa shape index (κ2) is 7.14. The normalized spacial score (nSPS) is 11.5. The maximum Gasteiger partial charge on any atom is 0.338 e. The number of esters is 1. The molecule has 0 heterocycles. The third kappa shape index (κ3) is 3.54. The van der Waals surface area contributed by atoms with Gasteiger partial charge in [0.2, 0.25) is 0 Å². The first-order chi connectivity index (χ1) is 11.7. The van der Waals surface area contributed by atoms with Gasteiger partial charge in [-0.25, -0.2) is 4.79 Å². The van der Waals surface area contributed by atoms with Gasteiger partial charge in [-0.15, -0.1) is 0 Å². The quantitative estimate of drug-likeness (QED) is 0.464. The van der Waals surface area contributed by atoms with Gasteiger partial charge in [-0.05, 0) is 59.5 Å². The number of rotatable bonds is 4. The average Bonchev–Trinajstić information content (AvgIpc) is 2.62. The van der Waals surface area contributed by atoms with E-state index in [4.69, 9.17) is 4.74 Å². The second-order valence-corrected chi connectivity index (χ2v) is 5.73. The molecule has 0 saturated carbocycles. The first-order valence-electron chi connectivity index (χ1n) is 8.12. The van der Waals surface area contributed by atoms with Gasteiger partial charge in [0.05, 0.1) is 12.2 Å². The largest absolute Gasteiger partial charge is 0.462 e. The summed E-state index contributed by atoms with van der Waals surface area (Å²) in [6.45, 7) is 4.28. The van der Waals surface area contributed by atoms with Crippen molar-refractivity contribution in [2.75, 3.05) is 6.61 Å². The molecule has 0 radical (unpaired) electrons. The van der Waals surface area contributed by atoms with E-state index in [2.05, 4.69) is 49.4 Å². The SMILES string of the molecule is CCOC(=O)c1ccc(C(C)=Cc2ccc3ccccc3c2)cc1. The minimum Gasteiger partial charge on any atom is -0.462 e. The van der Waals surface area contributed by atoms with Crippen LogP contribution in [0.5, 0.6) is 0 Å². The van der Waals surface area contributed by atoms with Crippen molar-refractivity contribution in [1.82, 2.24) is 0 Å². The minimum atomic E-state index is -0.278. The summed E-state index contributed by atoms with van der Waals surface area (Å²) in [4.78, 5) is 11.7. The molecule has 0 bridgehead atoms. The Balaban J connectivity index is 1.85. The Morgan fingerprint density at radius 2 is 1.58 bits per heavy atom. The van der Waals surface area contributed by atoms with E-state index >= 15 is 0 Å². The monoisotopic (exact) mass is 316 g/mol. The molecule has 24 heavy (non-hydrogen) atoms. The Morgan fingerprint density at radius 3 is 2.29 bits per heavy atom. The first-order valence-corrected chi connectivity index (χ1v) is 8.12. The molecule has 0 atom stereocenters. The maximum absolute atomic E-state index is 11.7. The number of allylic oxidation sites excluding steroid dienone is 1. The molecule has 0 amide bonds. The second-order valence-electron chi connectivity index (χ2n) is 5.73. The molecule has 3 aromatic carbocycles. The Labute approximate surface area is 142 Å². The first kappa shape index (κ1) is 16.0. The fraction of sp³-hybridized carbons (Fsp3) is 0.136. The third-order valence-electron chi connectivity index (χ3n) is 4.01. The summed E-state index contributed by atoms with van der Waals surface area (Å²) in [5.74, 6) is -0.278. The van der Waals surface area contributed by atoms with Crippen molar-refractivity contribution >= 4 is 28.4 Å². The lowest BCUT2D eigenvalue weighted by Gasteiger charge is -2.06. The fourth-order valence-electron chi connectivity index (χ4n) is 2.71. The molecule has 0 aliphatic carbocycles. The van der Waals surface area contributed by atoms with Gasteiger partial charge < -0.3 is 4.74 Å². The van der Waals surface area contributed by atoms with Crippen molar-refractivity contribution in [2.24, 2.45) is 0 Å². The molecule has 2 heteroatoms. The van der Waals surface area contributed by atoms with Crippen molar-refractivity contribution in [3.05, 3.63) is 83.4 Å². The van der Waals surface area contributed by atoms with Crippen molar-refractivity contribution in [2.45, 2.75) is 13.8 Å². The summed E-state index contributed by atoms with van der Waals surface area (Å²) in [5.41, 5.74) is 4.00. The van der Waals surface area contributed by atoms with Crippen LogP contribution in [-0.4, -0.2) is 12.6 Å². The molecule has 3 aromatic rings. The number of hydrogen-bond acceptors (Lipinski definition) is 2. The summed E-state index contributed by atoms with van der Waals surface area (Å²) in [6, 6.07) is 22.3. The molecule has 0 aromatic heterocycles. The van der Waals surface area contributed by atoms with E-state index in [9.17, 15) is 4.79 Å². The highest BCUT2D eigenvalue weighted by Crippen LogP contribution is 2.21. The molecule has 0 aliphatic heterocycles. The molecule has 0 fully saturated rings. The van der Waals surface area contributed by atoms with E-state index in [-0.39, 0.29) is 5.97 Å². The Morgan fingerprint density at radius 1 is 0.917 bits per heavy atom. The van der Waals surface area contributed by atoms with Crippen LogP contribution in [0.3, 0.4) is 0 Å². The smallest absolute Gasteiger partial charge is 0.338 e. The van der Waals surface area contributed by atoms with Crippen molar-refractivity contribution in [3.63, 3.8) is 0 Å². The zero-order valence-corrected chi connectivity index (χ0v) is 14.0. The molecular formula is C22H20O2. The molecular weight excluding hydrogens is 296 g/mol. The van der Waals surface area contributed by atoms with Gasteiger partial charge in [-0.3, -0.25) is 0 Å². The number of carbonyl (C=O) groups excluding carboxylic acids is 1. The zero-order valence-electron chi connectivity index (χ0n) is 14.0. The zero-order chi connectivity index (χ0) is 16.9. The maximum atomic E-state index is 11.7. The van der Waals surface area contributed by atoms with Gasteiger partial charge in [-0.2, -0.15) is 0 Å². The van der Waals surface area contributed by atoms with Crippen LogP contribution in [0.1, 0.15) is 35.3 Å². The molecule has 2 nitrogen and oxygen atoms in total. The highest BCUT2D eigenvalue weighted by molar-refractivity contribution is 5.91. The molecule has 3 rings (SSSR count). The highest BCUT2D eigenvalue weighted by Gasteiger charge is 2.06. The van der Waals surface area contributed by atoms with Crippen LogP contribution >= 0.6 is 0 Å². The van der Waals surface area contributed by atoms with Crippen molar-refractivity contribution < 1.29 is 9.53 Å². The van der Waals surface area contributed by atoms with Crippen molar-refractivity contribution in [3.8, 4) is 0 Å². The lowest BCUT2D eigenvalue weighted by molar-refractivity contribution is 0.0526. The molecule has 0 saturated heterocycles. The lowest BCUT2D eigenvalue weighted by atomic mass is 10.0. The van der Waals surface area contributed by atoms with Crippen LogP contribution in [0.15, 0.2) is 66.7 Å². The van der Waals surface area contributed by atoms with Crippen LogP contribution in [0, 0.1) is 0 Å². The lowest BCUT2D eigenvalue weighted by Crippen LogP contribution is -2.04. The van der Waals surface area contributed by atoms with Gasteiger partial charge in [0.25, 0.3) is 0 Å². The standard InChI is InChI=1S/C22H20O2/c1-3-24-22(23)20-12-10-18(11-13-20)16(2)14-17-8-9-19-6-4-5-7-21(19)15-17/h4-15H,3H2,1-2H3. The van der Waals surface area contributed by atoms with E-state index in [1.807, 2.05) is 37.3 Å². The van der Waals surface area contributed by atoms with Crippen LogP contribution in [0.2, 0.25) is 0 Å². The number of fused-ring (bicyclic) bond motifs is 1. The number of hydrogen-bond donors (Lipinski definition) is 0. The Hall–Kier alpha value is -2.87. The van der Waals surface area contributed by atoms with Gasteiger partial charge in [0.15, 0.2) is 0 Å². The molecule has 0 unspecified atom stereocenters. The summed E-state index contributed by atoms with van der Waals surface area (Å²) >= 11 is 0. The highest BCUT2D eigenvalue weighted by atomic mass is 16.5. The fourth-order valence-corrected chi connectivity index (χ4v) is 2.71. The molecule has 0 N–H and O–H groups in total. The van der Waals surface area contributed by atoms with E-state index < -0.39 is 0 Å². The summed E-state index contributed by atoms with van der Waals surface area (Å²) in [7, 11) is 0. The van der Waals surface area contributed by atoms with Gasteiger partial charge >= 0.3 is 5.97 Å². The summed E-state index contributed by atoms with van der Waals surface area (Å²) in [5, 5.41) is 2.47. The summed E-state index contributed by atoms with van der Waals surface area (Å²) < 4.78 is 5.01. The third-order valence-corrected chi connectivity index (χ3v) is 4.01. The minimum absolute atomic E-state index is 0.278. The predicted molar refractivity (Wildman–Crippen MR) is 99.9 cm³/mol. The average molecular weight is 316 g/mol. The van der Waals surface area contributed by atoms with E-state index in [1.165, 1.54) is 16.3 Å². The Bertz CT molecular complexity index is 889. The predicted octanol–water partition coefficient (Wildman–Crippen LogP) is 5.58. The van der Waals surface area contributed by atoms with Crippen molar-refractivity contribution in [1.29, 1.82) is 0 Å². The topological polar surface area (TPSA) is 26.3 Å². The van der Waals surface area contributed by atoms with E-state index in [0.717, 1.165) is 11.1 Å². The Kier molecular flexibility index (Phi) is 4.76. The van der Waals surface area contributed by atoms with Crippen LogP contribution in [-0.2, 0) is 4.74 Å². The molecule has 120 valence electrons. The number of ether oxygens (including phenoxy) is 1. The number of carbonyl (C=O) groups is 1.